The maximum Gasteiger partial charge on any atom is 0.317 e. The SMILES string of the molecule is CN(C(=O)NCc1nc2ccccc2s1)C1CCCCC1. The molecule has 1 N–H and O–H groups in total. The molecule has 1 heterocycles. The van der Waals surface area contributed by atoms with E-state index in [1.165, 1.54) is 24.0 Å². The summed E-state index contributed by atoms with van der Waals surface area (Å²) >= 11 is 1.64. The van der Waals surface area contributed by atoms with Crippen LogP contribution in [0.2, 0.25) is 0 Å². The van der Waals surface area contributed by atoms with Gasteiger partial charge in [-0.05, 0) is 25.0 Å². The first-order chi connectivity index (χ1) is 10.2. The summed E-state index contributed by atoms with van der Waals surface area (Å²) in [7, 11) is 1.91. The third-order valence-corrected chi connectivity index (χ3v) is 5.21. The van der Waals surface area contributed by atoms with E-state index in [0.29, 0.717) is 12.6 Å². The molecule has 112 valence electrons. The summed E-state index contributed by atoms with van der Waals surface area (Å²) in [6.45, 7) is 0.509. The fourth-order valence-electron chi connectivity index (χ4n) is 2.91. The fraction of sp³-hybridized carbons (Fsp3) is 0.500. The molecule has 1 aromatic carbocycles. The van der Waals surface area contributed by atoms with Gasteiger partial charge in [0.15, 0.2) is 0 Å². The monoisotopic (exact) mass is 303 g/mol. The van der Waals surface area contributed by atoms with Crippen molar-refractivity contribution in [2.45, 2.75) is 44.7 Å². The van der Waals surface area contributed by atoms with Crippen molar-refractivity contribution in [3.05, 3.63) is 29.3 Å². The Morgan fingerprint density at radius 2 is 2.10 bits per heavy atom. The first-order valence-electron chi connectivity index (χ1n) is 7.59. The van der Waals surface area contributed by atoms with Crippen molar-refractivity contribution >= 4 is 27.6 Å². The highest BCUT2D eigenvalue weighted by atomic mass is 32.1. The standard InChI is InChI=1S/C16H21N3OS/c1-19(12-7-3-2-4-8-12)16(20)17-11-15-18-13-9-5-6-10-14(13)21-15/h5-6,9-10,12H,2-4,7-8,11H2,1H3,(H,17,20). The number of amides is 2. The number of benzene rings is 1. The van der Waals surface area contributed by atoms with Crippen LogP contribution in [-0.2, 0) is 6.54 Å². The molecular weight excluding hydrogens is 282 g/mol. The van der Waals surface area contributed by atoms with Gasteiger partial charge in [0.05, 0.1) is 16.8 Å². The Balaban J connectivity index is 1.57. The van der Waals surface area contributed by atoms with Crippen LogP contribution in [0.25, 0.3) is 10.2 Å². The molecule has 0 bridgehead atoms. The molecule has 1 saturated carbocycles. The topological polar surface area (TPSA) is 45.2 Å². The minimum absolute atomic E-state index is 0.0150. The second-order valence-corrected chi connectivity index (χ2v) is 6.75. The Bertz CT molecular complexity index is 586. The van der Waals surface area contributed by atoms with Gasteiger partial charge in [-0.15, -0.1) is 11.3 Å². The summed E-state index contributed by atoms with van der Waals surface area (Å²) in [6, 6.07) is 8.48. The third-order valence-electron chi connectivity index (χ3n) is 4.17. The van der Waals surface area contributed by atoms with E-state index in [1.807, 2.05) is 30.1 Å². The first kappa shape index (κ1) is 14.3. The molecule has 1 fully saturated rings. The number of fused-ring (bicyclic) bond motifs is 1. The largest absolute Gasteiger partial charge is 0.331 e. The lowest BCUT2D eigenvalue weighted by Gasteiger charge is -2.31. The summed E-state index contributed by atoms with van der Waals surface area (Å²) < 4.78 is 1.17. The number of urea groups is 1. The minimum atomic E-state index is 0.0150. The summed E-state index contributed by atoms with van der Waals surface area (Å²) in [5, 5.41) is 3.95. The third kappa shape index (κ3) is 3.35. The molecule has 21 heavy (non-hydrogen) atoms. The van der Waals surface area contributed by atoms with Gasteiger partial charge in [0.1, 0.15) is 5.01 Å². The summed E-state index contributed by atoms with van der Waals surface area (Å²) in [6.07, 6.45) is 6.04. The lowest BCUT2D eigenvalue weighted by molar-refractivity contribution is 0.173. The zero-order valence-electron chi connectivity index (χ0n) is 12.3. The van der Waals surface area contributed by atoms with Crippen LogP contribution in [0.3, 0.4) is 0 Å². The fourth-order valence-corrected chi connectivity index (χ4v) is 3.81. The van der Waals surface area contributed by atoms with Crippen LogP contribution >= 0.6 is 11.3 Å². The number of aromatic nitrogens is 1. The second-order valence-electron chi connectivity index (χ2n) is 5.64. The Morgan fingerprint density at radius 1 is 1.33 bits per heavy atom. The van der Waals surface area contributed by atoms with E-state index in [2.05, 4.69) is 16.4 Å². The molecule has 4 nitrogen and oxygen atoms in total. The van der Waals surface area contributed by atoms with Gasteiger partial charge in [-0.2, -0.15) is 0 Å². The quantitative estimate of drug-likeness (QED) is 0.938. The van der Waals surface area contributed by atoms with E-state index in [4.69, 9.17) is 0 Å². The lowest BCUT2D eigenvalue weighted by Crippen LogP contribution is -2.44. The molecule has 0 atom stereocenters. The van der Waals surface area contributed by atoms with Crippen molar-refractivity contribution in [1.82, 2.24) is 15.2 Å². The molecule has 0 saturated heterocycles. The average Bonchev–Trinajstić information content (AvgIpc) is 2.95. The van der Waals surface area contributed by atoms with Gasteiger partial charge in [0.25, 0.3) is 0 Å². The van der Waals surface area contributed by atoms with E-state index in [0.717, 1.165) is 23.4 Å². The molecule has 2 aromatic rings. The summed E-state index contributed by atoms with van der Waals surface area (Å²) in [5.41, 5.74) is 1.01. The van der Waals surface area contributed by atoms with Gasteiger partial charge < -0.3 is 10.2 Å². The number of para-hydroxylation sites is 1. The van der Waals surface area contributed by atoms with Crippen LogP contribution in [0.5, 0.6) is 0 Å². The Hall–Kier alpha value is -1.62. The maximum atomic E-state index is 12.2. The van der Waals surface area contributed by atoms with Gasteiger partial charge >= 0.3 is 6.03 Å². The van der Waals surface area contributed by atoms with Crippen molar-refractivity contribution in [3.8, 4) is 0 Å². The molecule has 3 rings (SSSR count). The Labute approximate surface area is 129 Å². The molecule has 0 radical (unpaired) electrons. The molecular formula is C16H21N3OS. The van der Waals surface area contributed by atoms with Crippen LogP contribution in [0.1, 0.15) is 37.1 Å². The highest BCUT2D eigenvalue weighted by Gasteiger charge is 2.21. The zero-order chi connectivity index (χ0) is 14.7. The van der Waals surface area contributed by atoms with Crippen molar-refractivity contribution in [2.24, 2.45) is 0 Å². The normalized spacial score (nSPS) is 16.0. The number of nitrogens with zero attached hydrogens (tertiary/aromatic N) is 2. The average molecular weight is 303 g/mol. The number of nitrogens with one attached hydrogen (secondary N) is 1. The summed E-state index contributed by atoms with van der Waals surface area (Å²) in [5.74, 6) is 0. The lowest BCUT2D eigenvalue weighted by atomic mass is 9.95. The number of thiazole rings is 1. The van der Waals surface area contributed by atoms with Crippen molar-refractivity contribution < 1.29 is 4.79 Å². The van der Waals surface area contributed by atoms with E-state index in [1.54, 1.807) is 11.3 Å². The molecule has 0 spiro atoms. The zero-order valence-corrected chi connectivity index (χ0v) is 13.2. The van der Waals surface area contributed by atoms with Crippen LogP contribution in [0, 0.1) is 0 Å². The molecule has 1 aliphatic rings. The highest BCUT2D eigenvalue weighted by Crippen LogP contribution is 2.23. The van der Waals surface area contributed by atoms with Crippen LogP contribution in [-0.4, -0.2) is 29.0 Å². The maximum absolute atomic E-state index is 12.2. The minimum Gasteiger partial charge on any atom is -0.331 e. The van der Waals surface area contributed by atoms with Gasteiger partial charge in [0.2, 0.25) is 0 Å². The van der Waals surface area contributed by atoms with E-state index >= 15 is 0 Å². The molecule has 1 aromatic heterocycles. The van der Waals surface area contributed by atoms with Crippen LogP contribution in [0.15, 0.2) is 24.3 Å². The van der Waals surface area contributed by atoms with E-state index < -0.39 is 0 Å². The second kappa shape index (κ2) is 6.43. The molecule has 0 aliphatic heterocycles. The van der Waals surface area contributed by atoms with Crippen molar-refractivity contribution in [2.75, 3.05) is 7.05 Å². The highest BCUT2D eigenvalue weighted by molar-refractivity contribution is 7.18. The van der Waals surface area contributed by atoms with Gasteiger partial charge in [-0.1, -0.05) is 31.4 Å². The summed E-state index contributed by atoms with van der Waals surface area (Å²) in [4.78, 5) is 18.6. The first-order valence-corrected chi connectivity index (χ1v) is 8.41. The van der Waals surface area contributed by atoms with Crippen molar-refractivity contribution in [3.63, 3.8) is 0 Å². The predicted octanol–water partition coefficient (Wildman–Crippen LogP) is 3.77. The number of carbonyl (C=O) groups is 1. The Morgan fingerprint density at radius 3 is 2.86 bits per heavy atom. The number of hydrogen-bond acceptors (Lipinski definition) is 3. The smallest absolute Gasteiger partial charge is 0.317 e. The number of rotatable bonds is 3. The molecule has 0 unspecified atom stereocenters. The van der Waals surface area contributed by atoms with Crippen LogP contribution in [0.4, 0.5) is 4.79 Å². The molecule has 5 heteroatoms. The van der Waals surface area contributed by atoms with Crippen molar-refractivity contribution in [1.29, 1.82) is 0 Å². The van der Waals surface area contributed by atoms with Gasteiger partial charge in [0, 0.05) is 13.1 Å². The van der Waals surface area contributed by atoms with Gasteiger partial charge in [-0.25, -0.2) is 9.78 Å². The molecule has 2 amide bonds. The predicted molar refractivity (Wildman–Crippen MR) is 86.5 cm³/mol. The van der Waals surface area contributed by atoms with E-state index in [9.17, 15) is 4.79 Å². The Kier molecular flexibility index (Phi) is 4.39. The number of hydrogen-bond donors (Lipinski definition) is 1. The van der Waals surface area contributed by atoms with E-state index in [-0.39, 0.29) is 6.03 Å². The van der Waals surface area contributed by atoms with Gasteiger partial charge in [-0.3, -0.25) is 0 Å². The molecule has 1 aliphatic carbocycles. The number of carbonyl (C=O) groups excluding carboxylic acids is 1. The van der Waals surface area contributed by atoms with Crippen LogP contribution < -0.4 is 5.32 Å².